The van der Waals surface area contributed by atoms with Crippen LogP contribution in [0.1, 0.15) is 12.0 Å². The molecule has 2 aromatic heterocycles. The van der Waals surface area contributed by atoms with Gasteiger partial charge in [0.1, 0.15) is 5.82 Å². The second-order valence-electron chi connectivity index (χ2n) is 8.68. The van der Waals surface area contributed by atoms with E-state index in [-0.39, 0.29) is 17.7 Å². The van der Waals surface area contributed by atoms with Crippen LogP contribution < -0.4 is 15.5 Å². The summed E-state index contributed by atoms with van der Waals surface area (Å²) in [5.41, 5.74) is 8.32. The maximum atomic E-state index is 12.6. The second-order valence-corrected chi connectivity index (χ2v) is 10.8. The number of ether oxygens (including phenoxy) is 2. The zero-order valence-corrected chi connectivity index (χ0v) is 20.1. The number of hydrogen-bond donors (Lipinski definition) is 1. The molecule has 12 nitrogen and oxygen atoms in total. The van der Waals surface area contributed by atoms with Gasteiger partial charge in [-0.1, -0.05) is 0 Å². The minimum atomic E-state index is -3.27. The Hall–Kier alpha value is -2.61. The Balaban J connectivity index is 1.41. The first-order chi connectivity index (χ1) is 16.5. The molecular weight excluding hydrogens is 460 g/mol. The van der Waals surface area contributed by atoms with E-state index in [4.69, 9.17) is 25.2 Å². The number of anilines is 3. The summed E-state index contributed by atoms with van der Waals surface area (Å²) in [6, 6.07) is 0.0846. The summed E-state index contributed by atoms with van der Waals surface area (Å²) in [6.07, 6.45) is 4.65. The van der Waals surface area contributed by atoms with Crippen molar-refractivity contribution >= 4 is 27.7 Å². The highest BCUT2D eigenvalue weighted by Gasteiger charge is 2.42. The molecule has 2 fully saturated rings. The third-order valence-electron chi connectivity index (χ3n) is 6.50. The van der Waals surface area contributed by atoms with Crippen molar-refractivity contribution in [3.05, 3.63) is 18.0 Å². The van der Waals surface area contributed by atoms with Gasteiger partial charge in [-0.05, 0) is 12.8 Å². The van der Waals surface area contributed by atoms with E-state index in [1.807, 2.05) is 0 Å². The van der Waals surface area contributed by atoms with Crippen LogP contribution in [0.4, 0.5) is 17.7 Å². The zero-order chi connectivity index (χ0) is 23.7. The quantitative estimate of drug-likeness (QED) is 0.491. The predicted molar refractivity (Wildman–Crippen MR) is 127 cm³/mol. The first kappa shape index (κ1) is 23.1. The molecule has 0 atom stereocenters. The number of aromatic nitrogens is 4. The molecule has 34 heavy (non-hydrogen) atoms. The number of fused-ring (bicyclic) bond motifs is 1. The normalized spacial score (nSPS) is 19.3. The van der Waals surface area contributed by atoms with Crippen LogP contribution in [0.5, 0.6) is 0 Å². The molecule has 2 N–H and O–H groups in total. The van der Waals surface area contributed by atoms with Crippen LogP contribution in [0.3, 0.4) is 0 Å². The van der Waals surface area contributed by atoms with Gasteiger partial charge in [0.2, 0.25) is 21.9 Å². The molecule has 0 spiro atoms. The molecule has 3 aliphatic rings. The molecule has 0 radical (unpaired) electrons. The topological polar surface area (TPSA) is 140 Å². The smallest absolute Gasteiger partial charge is 0.228 e. The molecule has 5 rings (SSSR count). The lowest BCUT2D eigenvalue weighted by atomic mass is 10.1. The largest absolute Gasteiger partial charge is 0.385 e. The fourth-order valence-electron chi connectivity index (χ4n) is 4.58. The first-order valence-electron chi connectivity index (χ1n) is 11.5. The average molecular weight is 491 g/mol. The summed E-state index contributed by atoms with van der Waals surface area (Å²) >= 11 is 0. The molecule has 2 aromatic rings. The molecule has 13 heteroatoms. The summed E-state index contributed by atoms with van der Waals surface area (Å²) < 4.78 is 37.3. The Morgan fingerprint density at radius 3 is 2.59 bits per heavy atom. The maximum absolute atomic E-state index is 12.6. The van der Waals surface area contributed by atoms with Crippen molar-refractivity contribution < 1.29 is 17.9 Å². The van der Waals surface area contributed by atoms with E-state index in [1.165, 1.54) is 0 Å². The lowest BCUT2D eigenvalue weighted by Crippen LogP contribution is -2.61. The van der Waals surface area contributed by atoms with Crippen molar-refractivity contribution in [2.45, 2.75) is 18.9 Å². The van der Waals surface area contributed by atoms with Gasteiger partial charge in [-0.2, -0.15) is 9.29 Å². The van der Waals surface area contributed by atoms with Crippen LogP contribution in [0.25, 0.3) is 11.3 Å². The minimum Gasteiger partial charge on any atom is -0.385 e. The van der Waals surface area contributed by atoms with Gasteiger partial charge in [-0.3, -0.25) is 0 Å². The minimum absolute atomic E-state index is 0.0846. The van der Waals surface area contributed by atoms with Crippen molar-refractivity contribution in [1.29, 1.82) is 0 Å². The van der Waals surface area contributed by atoms with Gasteiger partial charge in [0.15, 0.2) is 0 Å². The number of nitrogens with two attached hydrogens (primary N) is 1. The van der Waals surface area contributed by atoms with Gasteiger partial charge in [-0.15, -0.1) is 0 Å². The zero-order valence-electron chi connectivity index (χ0n) is 19.3. The van der Waals surface area contributed by atoms with E-state index in [2.05, 4.69) is 19.8 Å². The van der Waals surface area contributed by atoms with Gasteiger partial charge < -0.3 is 25.0 Å². The summed E-state index contributed by atoms with van der Waals surface area (Å²) in [6.45, 7) is 4.82. The summed E-state index contributed by atoms with van der Waals surface area (Å²) in [7, 11) is -1.69. The van der Waals surface area contributed by atoms with E-state index < -0.39 is 10.0 Å². The van der Waals surface area contributed by atoms with Crippen molar-refractivity contribution in [3.8, 4) is 11.3 Å². The van der Waals surface area contributed by atoms with Gasteiger partial charge in [0.05, 0.1) is 30.7 Å². The third-order valence-corrected chi connectivity index (χ3v) is 8.39. The van der Waals surface area contributed by atoms with Gasteiger partial charge in [0.25, 0.3) is 0 Å². The second kappa shape index (κ2) is 9.56. The molecule has 0 amide bonds. The SMILES string of the molecule is COCCCS(=O)(=O)N1CC(N2CCc3c(-c4cnc(N)nc4)nc(N4CCOCC4)nc32)C1. The molecule has 0 bridgehead atoms. The van der Waals surface area contributed by atoms with Crippen molar-refractivity contribution in [3.63, 3.8) is 0 Å². The van der Waals surface area contributed by atoms with Gasteiger partial charge in [0, 0.05) is 70.0 Å². The molecule has 2 saturated heterocycles. The van der Waals surface area contributed by atoms with Crippen molar-refractivity contribution in [2.24, 2.45) is 0 Å². The van der Waals surface area contributed by atoms with Gasteiger partial charge in [-0.25, -0.2) is 23.4 Å². The number of rotatable bonds is 8. The molecule has 184 valence electrons. The lowest BCUT2D eigenvalue weighted by Gasteiger charge is -2.43. The third kappa shape index (κ3) is 4.52. The van der Waals surface area contributed by atoms with Crippen molar-refractivity contribution in [2.75, 3.05) is 80.9 Å². The summed E-state index contributed by atoms with van der Waals surface area (Å²) in [4.78, 5) is 22.5. The van der Waals surface area contributed by atoms with Crippen LogP contribution >= 0.6 is 0 Å². The molecule has 0 aromatic carbocycles. The number of nitrogen functional groups attached to an aromatic ring is 1. The number of methoxy groups -OCH3 is 1. The Bertz CT molecular complexity index is 1120. The van der Waals surface area contributed by atoms with Crippen LogP contribution in [-0.2, 0) is 25.9 Å². The molecule has 0 saturated carbocycles. The summed E-state index contributed by atoms with van der Waals surface area (Å²) in [5.74, 6) is 1.83. The van der Waals surface area contributed by atoms with E-state index in [0.29, 0.717) is 58.4 Å². The maximum Gasteiger partial charge on any atom is 0.228 e. The molecule has 5 heterocycles. The lowest BCUT2D eigenvalue weighted by molar-refractivity contribution is 0.122. The number of sulfonamides is 1. The molecule has 3 aliphatic heterocycles. The number of morpholine rings is 1. The predicted octanol–water partition coefficient (Wildman–Crippen LogP) is -0.235. The number of hydrogen-bond acceptors (Lipinski definition) is 11. The average Bonchev–Trinajstić information content (AvgIpc) is 3.22. The van der Waals surface area contributed by atoms with E-state index in [1.54, 1.807) is 23.8 Å². The highest BCUT2D eigenvalue weighted by atomic mass is 32.2. The highest BCUT2D eigenvalue weighted by molar-refractivity contribution is 7.89. The van der Waals surface area contributed by atoms with Crippen LogP contribution in [0, 0.1) is 0 Å². The monoisotopic (exact) mass is 490 g/mol. The molecule has 0 aliphatic carbocycles. The molecule has 0 unspecified atom stereocenters. The Morgan fingerprint density at radius 1 is 1.15 bits per heavy atom. The Morgan fingerprint density at radius 2 is 1.88 bits per heavy atom. The molecular formula is C21H30N8O4S. The standard InChI is InChI=1S/C21H30N8O4S/c1-32-7-2-10-34(30,31)28-13-16(14-28)29-4-3-17-18(15-11-23-20(22)24-12-15)25-21(26-19(17)29)27-5-8-33-9-6-27/h11-12,16H,2-10,13-14H2,1H3,(H2,22,23,24). The van der Waals surface area contributed by atoms with Crippen LogP contribution in [0.2, 0.25) is 0 Å². The summed E-state index contributed by atoms with van der Waals surface area (Å²) in [5, 5.41) is 0. The number of nitrogens with zero attached hydrogens (tertiary/aromatic N) is 7. The Kier molecular flexibility index (Phi) is 6.51. The van der Waals surface area contributed by atoms with E-state index in [0.717, 1.165) is 35.6 Å². The van der Waals surface area contributed by atoms with Crippen LogP contribution in [0.15, 0.2) is 12.4 Å². The Labute approximate surface area is 199 Å². The van der Waals surface area contributed by atoms with E-state index >= 15 is 0 Å². The van der Waals surface area contributed by atoms with Crippen molar-refractivity contribution in [1.82, 2.24) is 24.2 Å². The van der Waals surface area contributed by atoms with Gasteiger partial charge >= 0.3 is 0 Å². The van der Waals surface area contributed by atoms with E-state index in [9.17, 15) is 8.42 Å². The fraction of sp³-hybridized carbons (Fsp3) is 0.619. The highest BCUT2D eigenvalue weighted by Crippen LogP contribution is 2.38. The fourth-order valence-corrected chi connectivity index (χ4v) is 6.12. The first-order valence-corrected chi connectivity index (χ1v) is 13.1. The van der Waals surface area contributed by atoms with Crippen LogP contribution in [-0.4, -0.2) is 104 Å².